The fourth-order valence-corrected chi connectivity index (χ4v) is 2.59. The molecule has 0 radical (unpaired) electrons. The molecule has 1 atom stereocenters. The molecule has 1 nitrogen and oxygen atoms in total. The number of benzene rings is 1. The molecule has 0 heterocycles. The van der Waals surface area contributed by atoms with Crippen LogP contribution in [0.2, 0.25) is 5.02 Å². The van der Waals surface area contributed by atoms with Crippen LogP contribution >= 0.6 is 11.6 Å². The van der Waals surface area contributed by atoms with Gasteiger partial charge < -0.3 is 0 Å². The predicted molar refractivity (Wildman–Crippen MR) is 75.8 cm³/mol. The smallest absolute Gasteiger partial charge is 0.145 e. The van der Waals surface area contributed by atoms with Gasteiger partial charge >= 0.3 is 0 Å². The van der Waals surface area contributed by atoms with Crippen molar-refractivity contribution in [2.75, 3.05) is 0 Å². The van der Waals surface area contributed by atoms with Crippen molar-refractivity contribution in [1.82, 2.24) is 0 Å². The first kappa shape index (κ1) is 12.9. The van der Waals surface area contributed by atoms with Crippen molar-refractivity contribution in [1.29, 1.82) is 0 Å². The summed E-state index contributed by atoms with van der Waals surface area (Å²) in [7, 11) is 0. The quantitative estimate of drug-likeness (QED) is 0.732. The molecule has 1 aromatic rings. The van der Waals surface area contributed by atoms with Crippen LogP contribution in [-0.2, 0) is 11.2 Å². The third kappa shape index (κ3) is 3.44. The molecule has 0 saturated heterocycles. The van der Waals surface area contributed by atoms with Gasteiger partial charge in [0.05, 0.1) is 0 Å². The summed E-state index contributed by atoms with van der Waals surface area (Å²) < 4.78 is 22.3. The Morgan fingerprint density at radius 2 is 2.26 bits per heavy atom. The van der Waals surface area contributed by atoms with E-state index in [0.29, 0.717) is 23.4 Å². The first-order chi connectivity index (χ1) is 9.34. The second-order valence-corrected chi connectivity index (χ2v) is 6.26. The van der Waals surface area contributed by atoms with Crippen molar-refractivity contribution in [2.45, 2.75) is 39.5 Å². The first-order valence-electron chi connectivity index (χ1n) is 6.96. The molecule has 0 aromatic heterocycles. The van der Waals surface area contributed by atoms with Gasteiger partial charge in [-0.2, -0.15) is 0 Å². The summed E-state index contributed by atoms with van der Waals surface area (Å²) in [6, 6.07) is 4.33. The van der Waals surface area contributed by atoms with Crippen molar-refractivity contribution in [2.24, 2.45) is 5.41 Å². The van der Waals surface area contributed by atoms with Gasteiger partial charge in [-0.1, -0.05) is 37.1 Å². The van der Waals surface area contributed by atoms with Gasteiger partial charge in [-0.15, -0.1) is 0 Å². The van der Waals surface area contributed by atoms with Crippen molar-refractivity contribution in [3.05, 3.63) is 45.7 Å². The molecule has 102 valence electrons. The zero-order valence-electron chi connectivity index (χ0n) is 12.2. The molecule has 1 unspecified atom stereocenters. The Hall–Kier alpha value is -1.15. The molecule has 1 aliphatic rings. The second-order valence-electron chi connectivity index (χ2n) is 5.82. The molecule has 3 heteroatoms. The maximum atomic E-state index is 14.0. The Bertz CT molecular complexity index is 566. The van der Waals surface area contributed by atoms with E-state index in [1.165, 1.54) is 12.1 Å². The molecule has 0 fully saturated rings. The number of hydrogen-bond donors (Lipinski definition) is 0. The molecule has 0 N–H and O–H groups in total. The van der Waals surface area contributed by atoms with Crippen LogP contribution in [0.3, 0.4) is 0 Å². The summed E-state index contributed by atoms with van der Waals surface area (Å²) >= 11 is 5.74. The van der Waals surface area contributed by atoms with Gasteiger partial charge in [0, 0.05) is 6.39 Å². The van der Waals surface area contributed by atoms with E-state index in [4.69, 9.17) is 13.0 Å². The van der Waals surface area contributed by atoms with Crippen LogP contribution in [0.25, 0.3) is 0 Å². The fourth-order valence-electron chi connectivity index (χ4n) is 2.44. The Balaban J connectivity index is 2.41. The lowest BCUT2D eigenvalue weighted by atomic mass is 9.73. The lowest BCUT2D eigenvalue weighted by Crippen LogP contribution is -2.20. The van der Waals surface area contributed by atoms with Gasteiger partial charge in [0.25, 0.3) is 0 Å². The number of allylic oxidation sites excluding steroid dienone is 2. The van der Waals surface area contributed by atoms with Crippen molar-refractivity contribution in [3.8, 4) is 0 Å². The summed E-state index contributed by atoms with van der Waals surface area (Å²) in [5.41, 5.74) is 1.71. The van der Waals surface area contributed by atoms with E-state index in [9.17, 15) is 9.18 Å². The Morgan fingerprint density at radius 1 is 1.53 bits per heavy atom. The minimum absolute atomic E-state index is 0.0457. The van der Waals surface area contributed by atoms with Crippen molar-refractivity contribution >= 4 is 17.9 Å². The number of aldehydes is 1. The fraction of sp³-hybridized carbons (Fsp3) is 0.438. The molecule has 0 spiro atoms. The monoisotopic (exact) mass is 281 g/mol. The highest BCUT2D eigenvalue weighted by Crippen LogP contribution is 2.39. The van der Waals surface area contributed by atoms with Crippen LogP contribution < -0.4 is 0 Å². The van der Waals surface area contributed by atoms with Crippen LogP contribution in [-0.4, -0.2) is 6.29 Å². The van der Waals surface area contributed by atoms with Gasteiger partial charge in [-0.3, -0.25) is 4.79 Å². The lowest BCUT2D eigenvalue weighted by Gasteiger charge is -2.32. The van der Waals surface area contributed by atoms with Crippen LogP contribution in [0, 0.1) is 11.2 Å². The van der Waals surface area contributed by atoms with E-state index < -0.39 is 12.2 Å². The SMILES string of the molecule is [2H]C(C1=C(C=O)CCC(C)(C)C1)c1ccc(Cl)cc1F. The third-order valence-corrected chi connectivity index (χ3v) is 3.82. The van der Waals surface area contributed by atoms with E-state index in [1.54, 1.807) is 6.07 Å². The predicted octanol–water partition coefficient (Wildman–Crippen LogP) is 4.73. The summed E-state index contributed by atoms with van der Waals surface area (Å²) in [4.78, 5) is 11.2. The summed E-state index contributed by atoms with van der Waals surface area (Å²) in [6.45, 7) is 4.22. The normalized spacial score (nSPS) is 20.9. The van der Waals surface area contributed by atoms with Crippen LogP contribution in [0.5, 0.6) is 0 Å². The van der Waals surface area contributed by atoms with Crippen molar-refractivity contribution in [3.63, 3.8) is 0 Å². The number of carbonyl (C=O) groups excluding carboxylic acids is 1. The highest BCUT2D eigenvalue weighted by atomic mass is 35.5. The van der Waals surface area contributed by atoms with Crippen LogP contribution in [0.15, 0.2) is 29.3 Å². The number of carbonyl (C=O) groups is 1. The molecular weight excluding hydrogens is 263 g/mol. The van der Waals surface area contributed by atoms with Crippen LogP contribution in [0.4, 0.5) is 4.39 Å². The highest BCUT2D eigenvalue weighted by molar-refractivity contribution is 6.30. The van der Waals surface area contributed by atoms with E-state index in [2.05, 4.69) is 13.8 Å². The van der Waals surface area contributed by atoms with Gasteiger partial charge in [-0.25, -0.2) is 4.39 Å². The maximum absolute atomic E-state index is 14.0. The van der Waals surface area contributed by atoms with Crippen LogP contribution in [0.1, 0.15) is 40.0 Å². The van der Waals surface area contributed by atoms with E-state index in [1.807, 2.05) is 0 Å². The number of hydrogen-bond acceptors (Lipinski definition) is 1. The Morgan fingerprint density at radius 3 is 2.89 bits per heavy atom. The van der Waals surface area contributed by atoms with E-state index in [0.717, 1.165) is 18.3 Å². The molecule has 2 rings (SSSR count). The summed E-state index contributed by atoms with van der Waals surface area (Å²) in [5.74, 6) is -0.487. The Labute approximate surface area is 119 Å². The average Bonchev–Trinajstić information content (AvgIpc) is 2.37. The second kappa shape index (κ2) is 5.46. The zero-order valence-corrected chi connectivity index (χ0v) is 11.9. The summed E-state index contributed by atoms with van der Waals surface area (Å²) in [5, 5.41) is 0.312. The van der Waals surface area contributed by atoms with Gasteiger partial charge in [-0.05, 0) is 54.3 Å². The third-order valence-electron chi connectivity index (χ3n) is 3.59. The van der Waals surface area contributed by atoms with Crippen molar-refractivity contribution < 1.29 is 10.6 Å². The molecule has 0 saturated carbocycles. The van der Waals surface area contributed by atoms with Gasteiger partial charge in [0.2, 0.25) is 0 Å². The molecule has 0 bridgehead atoms. The molecule has 1 aliphatic carbocycles. The first-order valence-corrected chi connectivity index (χ1v) is 6.76. The molecule has 19 heavy (non-hydrogen) atoms. The summed E-state index contributed by atoms with van der Waals surface area (Å²) in [6.07, 6.45) is 2.21. The molecule has 1 aromatic carbocycles. The lowest BCUT2D eigenvalue weighted by molar-refractivity contribution is -0.105. The van der Waals surface area contributed by atoms with Gasteiger partial charge in [0.1, 0.15) is 12.1 Å². The minimum atomic E-state index is -0.841. The largest absolute Gasteiger partial charge is 0.298 e. The Kier molecular flexibility index (Phi) is 3.69. The van der Waals surface area contributed by atoms with Gasteiger partial charge in [0.15, 0.2) is 0 Å². The molecule has 0 aliphatic heterocycles. The van der Waals surface area contributed by atoms with E-state index >= 15 is 0 Å². The number of rotatable bonds is 3. The molecule has 0 amide bonds. The molecular formula is C16H18ClFO. The topological polar surface area (TPSA) is 17.1 Å². The van der Waals surface area contributed by atoms with E-state index in [-0.39, 0.29) is 11.0 Å². The standard InChI is InChI=1S/C16H18ClFO/c1-16(2)6-5-12(10-19)13(9-16)7-11-3-4-14(17)8-15(11)18/h3-4,8,10H,5-7,9H2,1-2H3/i7D. The highest BCUT2D eigenvalue weighted by Gasteiger charge is 2.27. The average molecular weight is 282 g/mol. The number of halogens is 2. The minimum Gasteiger partial charge on any atom is -0.298 e. The maximum Gasteiger partial charge on any atom is 0.145 e. The zero-order chi connectivity index (χ0) is 14.9.